The summed E-state index contributed by atoms with van der Waals surface area (Å²) >= 11 is 0. The molecule has 1 N–H and O–H groups in total. The van der Waals surface area contributed by atoms with Gasteiger partial charge < -0.3 is 9.88 Å². The number of nitriles is 1. The quantitative estimate of drug-likeness (QED) is 0.893. The van der Waals surface area contributed by atoms with Crippen LogP contribution >= 0.6 is 0 Å². The molecule has 0 radical (unpaired) electrons. The van der Waals surface area contributed by atoms with Gasteiger partial charge in [-0.25, -0.2) is 4.39 Å². The van der Waals surface area contributed by atoms with Crippen molar-refractivity contribution in [2.24, 2.45) is 0 Å². The molecule has 18 heavy (non-hydrogen) atoms. The van der Waals surface area contributed by atoms with Crippen molar-refractivity contribution in [1.82, 2.24) is 14.8 Å². The van der Waals surface area contributed by atoms with Crippen molar-refractivity contribution in [2.45, 2.75) is 20.0 Å². The van der Waals surface area contributed by atoms with E-state index in [0.717, 1.165) is 12.4 Å². The Kier molecular flexibility index (Phi) is 3.53. The summed E-state index contributed by atoms with van der Waals surface area (Å²) in [5.41, 5.74) is 0.840. The maximum absolute atomic E-state index is 13.2. The van der Waals surface area contributed by atoms with Crippen molar-refractivity contribution in [2.75, 3.05) is 5.32 Å². The van der Waals surface area contributed by atoms with Gasteiger partial charge in [-0.1, -0.05) is 0 Å². The summed E-state index contributed by atoms with van der Waals surface area (Å²) in [6, 6.07) is 6.04. The Balaban J connectivity index is 2.11. The smallest absolute Gasteiger partial charge is 0.152 e. The Morgan fingerprint density at radius 2 is 2.28 bits per heavy atom. The fraction of sp³-hybridized carbons (Fsp3) is 0.250. The molecule has 0 spiro atoms. The largest absolute Gasteiger partial charge is 0.378 e. The second-order valence-corrected chi connectivity index (χ2v) is 3.73. The summed E-state index contributed by atoms with van der Waals surface area (Å²) in [6.45, 7) is 3.20. The third kappa shape index (κ3) is 2.63. The number of hydrogen-bond donors (Lipinski definition) is 1. The maximum atomic E-state index is 13.2. The Hall–Kier alpha value is -2.42. The number of nitrogens with zero attached hydrogens (tertiary/aromatic N) is 4. The van der Waals surface area contributed by atoms with Crippen LogP contribution in [0.3, 0.4) is 0 Å². The van der Waals surface area contributed by atoms with Gasteiger partial charge in [0.25, 0.3) is 0 Å². The zero-order valence-electron chi connectivity index (χ0n) is 9.89. The molecule has 1 aromatic carbocycles. The average Bonchev–Trinajstić information content (AvgIpc) is 2.83. The molecule has 5 nitrogen and oxygen atoms in total. The highest BCUT2D eigenvalue weighted by Crippen LogP contribution is 2.14. The van der Waals surface area contributed by atoms with E-state index in [4.69, 9.17) is 5.26 Å². The van der Waals surface area contributed by atoms with Gasteiger partial charge in [0, 0.05) is 12.2 Å². The number of hydrogen-bond acceptors (Lipinski definition) is 4. The molecule has 1 heterocycles. The number of aryl methyl sites for hydroxylation is 1. The Morgan fingerprint density at radius 3 is 3.00 bits per heavy atom. The van der Waals surface area contributed by atoms with E-state index in [-0.39, 0.29) is 5.56 Å². The summed E-state index contributed by atoms with van der Waals surface area (Å²) < 4.78 is 15.1. The maximum Gasteiger partial charge on any atom is 0.152 e. The lowest BCUT2D eigenvalue weighted by Gasteiger charge is -2.07. The topological polar surface area (TPSA) is 66.5 Å². The third-order valence-electron chi connectivity index (χ3n) is 2.51. The summed E-state index contributed by atoms with van der Waals surface area (Å²) in [6.07, 6.45) is 1.64. The molecule has 0 saturated carbocycles. The molecule has 0 saturated heterocycles. The first-order chi connectivity index (χ1) is 8.72. The van der Waals surface area contributed by atoms with Crippen LogP contribution < -0.4 is 5.32 Å². The van der Waals surface area contributed by atoms with Gasteiger partial charge in [-0.15, -0.1) is 10.2 Å². The Labute approximate surface area is 104 Å². The molecule has 6 heteroatoms. The average molecular weight is 245 g/mol. The molecule has 92 valence electrons. The lowest BCUT2D eigenvalue weighted by Crippen LogP contribution is -2.07. The Morgan fingerprint density at radius 1 is 1.44 bits per heavy atom. The van der Waals surface area contributed by atoms with Gasteiger partial charge in [0.2, 0.25) is 0 Å². The predicted octanol–water partition coefficient (Wildman–Crippen LogP) is 1.92. The zero-order chi connectivity index (χ0) is 13.0. The molecule has 0 fully saturated rings. The SMILES string of the molecule is CCn1cnnc1CNc1cc(F)cc(C#N)c1. The van der Waals surface area contributed by atoms with Gasteiger partial charge in [-0.05, 0) is 25.1 Å². The van der Waals surface area contributed by atoms with Crippen LogP contribution in [-0.4, -0.2) is 14.8 Å². The van der Waals surface area contributed by atoms with E-state index in [1.165, 1.54) is 12.1 Å². The van der Waals surface area contributed by atoms with Gasteiger partial charge in [-0.3, -0.25) is 0 Å². The monoisotopic (exact) mass is 245 g/mol. The first-order valence-electron chi connectivity index (χ1n) is 5.54. The predicted molar refractivity (Wildman–Crippen MR) is 64.1 cm³/mol. The molecule has 2 rings (SSSR count). The normalized spacial score (nSPS) is 10.1. The van der Waals surface area contributed by atoms with Crippen molar-refractivity contribution < 1.29 is 4.39 Å². The van der Waals surface area contributed by atoms with Gasteiger partial charge >= 0.3 is 0 Å². The van der Waals surface area contributed by atoms with Crippen molar-refractivity contribution in [3.05, 3.63) is 41.7 Å². The summed E-state index contributed by atoms with van der Waals surface area (Å²) in [5.74, 6) is 0.328. The number of nitrogens with one attached hydrogen (secondary N) is 1. The number of aromatic nitrogens is 3. The molecule has 0 bridgehead atoms. The van der Waals surface area contributed by atoms with Crippen LogP contribution in [0.25, 0.3) is 0 Å². The Bertz CT molecular complexity index is 584. The molecule has 1 aromatic heterocycles. The molecule has 0 aliphatic carbocycles. The first kappa shape index (κ1) is 12.0. The second kappa shape index (κ2) is 5.27. The van der Waals surface area contributed by atoms with Crippen molar-refractivity contribution >= 4 is 5.69 Å². The van der Waals surface area contributed by atoms with Gasteiger partial charge in [0.15, 0.2) is 5.82 Å². The lowest BCUT2D eigenvalue weighted by molar-refractivity contribution is 0.627. The highest BCUT2D eigenvalue weighted by atomic mass is 19.1. The number of benzene rings is 1. The highest BCUT2D eigenvalue weighted by molar-refractivity contribution is 5.49. The molecular formula is C12H12FN5. The minimum absolute atomic E-state index is 0.287. The second-order valence-electron chi connectivity index (χ2n) is 3.73. The summed E-state index contributed by atoms with van der Waals surface area (Å²) in [7, 11) is 0. The third-order valence-corrected chi connectivity index (χ3v) is 2.51. The van der Waals surface area contributed by atoms with E-state index in [1.54, 1.807) is 12.4 Å². The fourth-order valence-electron chi connectivity index (χ4n) is 1.62. The minimum atomic E-state index is -0.437. The van der Waals surface area contributed by atoms with Crippen molar-refractivity contribution in [3.8, 4) is 6.07 Å². The summed E-state index contributed by atoms with van der Waals surface area (Å²) in [5, 5.41) is 19.5. The van der Waals surface area contributed by atoms with Crippen LogP contribution in [-0.2, 0) is 13.1 Å². The van der Waals surface area contributed by atoms with E-state index in [9.17, 15) is 4.39 Å². The van der Waals surface area contributed by atoms with E-state index in [1.807, 2.05) is 17.6 Å². The van der Waals surface area contributed by atoms with Crippen LogP contribution in [0.5, 0.6) is 0 Å². The molecule has 0 aliphatic heterocycles. The molecule has 0 unspecified atom stereocenters. The number of anilines is 1. The standard InChI is InChI=1S/C12H12FN5/c1-2-18-8-16-17-12(18)7-15-11-4-9(6-14)3-10(13)5-11/h3-5,8,15H,2,7H2,1H3. The van der Waals surface area contributed by atoms with Crippen molar-refractivity contribution in [3.63, 3.8) is 0 Å². The highest BCUT2D eigenvalue weighted by Gasteiger charge is 2.04. The minimum Gasteiger partial charge on any atom is -0.378 e. The first-order valence-corrected chi connectivity index (χ1v) is 5.54. The summed E-state index contributed by atoms with van der Waals surface area (Å²) in [4.78, 5) is 0. The van der Waals surface area contributed by atoms with E-state index in [2.05, 4.69) is 15.5 Å². The molecule has 2 aromatic rings. The van der Waals surface area contributed by atoms with Gasteiger partial charge in [-0.2, -0.15) is 5.26 Å². The fourth-order valence-corrected chi connectivity index (χ4v) is 1.62. The van der Waals surface area contributed by atoms with E-state index >= 15 is 0 Å². The molecule has 0 atom stereocenters. The van der Waals surface area contributed by atoms with Crippen LogP contribution in [0.2, 0.25) is 0 Å². The van der Waals surface area contributed by atoms with E-state index in [0.29, 0.717) is 12.2 Å². The van der Waals surface area contributed by atoms with Crippen LogP contribution in [0.15, 0.2) is 24.5 Å². The van der Waals surface area contributed by atoms with Crippen LogP contribution in [0.1, 0.15) is 18.3 Å². The van der Waals surface area contributed by atoms with Crippen LogP contribution in [0, 0.1) is 17.1 Å². The number of halogens is 1. The molecule has 0 amide bonds. The molecular weight excluding hydrogens is 233 g/mol. The van der Waals surface area contributed by atoms with Crippen LogP contribution in [0.4, 0.5) is 10.1 Å². The number of rotatable bonds is 4. The lowest BCUT2D eigenvalue weighted by atomic mass is 10.2. The van der Waals surface area contributed by atoms with Gasteiger partial charge in [0.05, 0.1) is 18.2 Å². The van der Waals surface area contributed by atoms with Crippen molar-refractivity contribution in [1.29, 1.82) is 5.26 Å². The van der Waals surface area contributed by atoms with E-state index < -0.39 is 5.82 Å². The zero-order valence-corrected chi connectivity index (χ0v) is 9.89. The van der Waals surface area contributed by atoms with Gasteiger partial charge in [0.1, 0.15) is 12.1 Å². The molecule has 0 aliphatic rings.